The molecule has 0 aromatic heterocycles. The van der Waals surface area contributed by atoms with E-state index in [2.05, 4.69) is 45.2 Å². The minimum atomic E-state index is 0.723. The minimum Gasteiger partial charge on any atom is -0.314 e. The Labute approximate surface area is 108 Å². The zero-order chi connectivity index (χ0) is 12.7. The van der Waals surface area contributed by atoms with E-state index in [1.165, 1.54) is 38.6 Å². The van der Waals surface area contributed by atoms with Gasteiger partial charge in [-0.1, -0.05) is 39.8 Å². The Kier molecular flexibility index (Phi) is 6.87. The second kappa shape index (κ2) is 7.92. The van der Waals surface area contributed by atoms with E-state index < -0.39 is 0 Å². The molecule has 0 fully saturated rings. The number of hydrogen-bond acceptors (Lipinski definition) is 1. The van der Waals surface area contributed by atoms with Crippen LogP contribution in [0.25, 0.3) is 0 Å². The van der Waals surface area contributed by atoms with Crippen molar-refractivity contribution in [3.05, 3.63) is 12.2 Å². The highest BCUT2D eigenvalue weighted by molar-refractivity contribution is 4.91. The Balaban J connectivity index is 2.29. The number of allylic oxidation sites excluding steroid dienone is 2. The quantitative estimate of drug-likeness (QED) is 0.647. The van der Waals surface area contributed by atoms with Crippen molar-refractivity contribution in [2.24, 2.45) is 17.8 Å². The fourth-order valence-electron chi connectivity index (χ4n) is 2.78. The summed E-state index contributed by atoms with van der Waals surface area (Å²) in [6.07, 6.45) is 11.3. The molecule has 1 nitrogen and oxygen atoms in total. The number of nitrogens with one attached hydrogen (secondary N) is 1. The van der Waals surface area contributed by atoms with Crippen LogP contribution in [0.15, 0.2) is 12.2 Å². The van der Waals surface area contributed by atoms with Gasteiger partial charge in [-0.15, -0.1) is 0 Å². The molecule has 0 aromatic rings. The van der Waals surface area contributed by atoms with Crippen molar-refractivity contribution >= 4 is 0 Å². The first-order chi connectivity index (χ1) is 8.08. The van der Waals surface area contributed by atoms with Crippen molar-refractivity contribution in [1.82, 2.24) is 5.32 Å². The van der Waals surface area contributed by atoms with Gasteiger partial charge < -0.3 is 5.32 Å². The smallest absolute Gasteiger partial charge is 0.00720 e. The Bertz CT molecular complexity index is 208. The van der Waals surface area contributed by atoms with E-state index in [0.29, 0.717) is 0 Å². The van der Waals surface area contributed by atoms with Crippen LogP contribution in [0.2, 0.25) is 0 Å². The van der Waals surface area contributed by atoms with Crippen LogP contribution in [-0.2, 0) is 0 Å². The van der Waals surface area contributed by atoms with Gasteiger partial charge in [0, 0.05) is 6.04 Å². The summed E-state index contributed by atoms with van der Waals surface area (Å²) in [5, 5.41) is 3.82. The molecule has 1 heteroatoms. The monoisotopic (exact) mass is 237 g/mol. The highest BCUT2D eigenvalue weighted by Gasteiger charge is 2.15. The average Bonchev–Trinajstić information content (AvgIpc) is 2.26. The Morgan fingerprint density at radius 3 is 2.18 bits per heavy atom. The molecule has 1 unspecified atom stereocenters. The van der Waals surface area contributed by atoms with Crippen LogP contribution in [0.1, 0.15) is 59.8 Å². The number of hydrogen-bond donors (Lipinski definition) is 1. The Morgan fingerprint density at radius 2 is 1.71 bits per heavy atom. The van der Waals surface area contributed by atoms with E-state index in [-0.39, 0.29) is 0 Å². The molecule has 1 rings (SSSR count). The van der Waals surface area contributed by atoms with Crippen molar-refractivity contribution in [3.8, 4) is 0 Å². The summed E-state index contributed by atoms with van der Waals surface area (Å²) < 4.78 is 0. The highest BCUT2D eigenvalue weighted by atomic mass is 14.9. The van der Waals surface area contributed by atoms with Gasteiger partial charge in [0.1, 0.15) is 0 Å². The van der Waals surface area contributed by atoms with E-state index >= 15 is 0 Å². The third-order valence-electron chi connectivity index (χ3n) is 3.58. The van der Waals surface area contributed by atoms with Crippen LogP contribution < -0.4 is 5.32 Å². The third kappa shape index (κ3) is 6.88. The minimum absolute atomic E-state index is 0.723. The lowest BCUT2D eigenvalue weighted by atomic mass is 9.92. The van der Waals surface area contributed by atoms with Crippen LogP contribution >= 0.6 is 0 Å². The molecule has 0 heterocycles. The van der Waals surface area contributed by atoms with Gasteiger partial charge in [0.05, 0.1) is 0 Å². The van der Waals surface area contributed by atoms with E-state index in [1.807, 2.05) is 0 Å². The molecule has 0 aliphatic heterocycles. The lowest BCUT2D eigenvalue weighted by Crippen LogP contribution is -2.35. The standard InChI is InChI=1S/C16H31N/c1-13(2)10-16(11-14(3)4)17-12-15-8-6-5-7-9-15/h5-6,13-17H,7-12H2,1-4H3. The highest BCUT2D eigenvalue weighted by Crippen LogP contribution is 2.19. The second-order valence-electron chi connectivity index (χ2n) is 6.51. The van der Waals surface area contributed by atoms with E-state index in [0.717, 1.165) is 23.8 Å². The molecular formula is C16H31N. The normalized spacial score (nSPS) is 20.8. The van der Waals surface area contributed by atoms with Crippen LogP contribution in [0.4, 0.5) is 0 Å². The first kappa shape index (κ1) is 14.8. The maximum absolute atomic E-state index is 3.82. The molecule has 1 atom stereocenters. The van der Waals surface area contributed by atoms with Gasteiger partial charge >= 0.3 is 0 Å². The van der Waals surface area contributed by atoms with Crippen molar-refractivity contribution in [1.29, 1.82) is 0 Å². The molecule has 0 amide bonds. The lowest BCUT2D eigenvalue weighted by molar-refractivity contribution is 0.328. The molecule has 17 heavy (non-hydrogen) atoms. The third-order valence-corrected chi connectivity index (χ3v) is 3.58. The fourth-order valence-corrected chi connectivity index (χ4v) is 2.78. The first-order valence-electron chi connectivity index (χ1n) is 7.46. The maximum atomic E-state index is 3.82. The molecule has 0 spiro atoms. The summed E-state index contributed by atoms with van der Waals surface area (Å²) in [6.45, 7) is 10.5. The van der Waals surface area contributed by atoms with Gasteiger partial charge in [0.25, 0.3) is 0 Å². The summed E-state index contributed by atoms with van der Waals surface area (Å²) in [4.78, 5) is 0. The molecule has 0 bridgehead atoms. The predicted octanol–water partition coefficient (Wildman–Crippen LogP) is 4.39. The van der Waals surface area contributed by atoms with Crippen LogP contribution in [0, 0.1) is 17.8 Å². The molecule has 0 saturated carbocycles. The zero-order valence-electron chi connectivity index (χ0n) is 12.2. The lowest BCUT2D eigenvalue weighted by Gasteiger charge is -2.26. The van der Waals surface area contributed by atoms with Gasteiger partial charge in [-0.3, -0.25) is 0 Å². The predicted molar refractivity (Wildman–Crippen MR) is 77.2 cm³/mol. The van der Waals surface area contributed by atoms with Crippen molar-refractivity contribution < 1.29 is 0 Å². The molecule has 1 aliphatic rings. The molecule has 0 saturated heterocycles. The van der Waals surface area contributed by atoms with E-state index in [4.69, 9.17) is 0 Å². The summed E-state index contributed by atoms with van der Waals surface area (Å²) in [7, 11) is 0. The summed E-state index contributed by atoms with van der Waals surface area (Å²) >= 11 is 0. The topological polar surface area (TPSA) is 12.0 Å². The first-order valence-corrected chi connectivity index (χ1v) is 7.46. The van der Waals surface area contributed by atoms with E-state index in [1.54, 1.807) is 0 Å². The van der Waals surface area contributed by atoms with Crippen molar-refractivity contribution in [2.75, 3.05) is 6.54 Å². The largest absolute Gasteiger partial charge is 0.314 e. The van der Waals surface area contributed by atoms with Crippen LogP contribution in [-0.4, -0.2) is 12.6 Å². The number of rotatable bonds is 7. The van der Waals surface area contributed by atoms with Gasteiger partial charge in [-0.05, 0) is 56.4 Å². The molecule has 1 aliphatic carbocycles. The maximum Gasteiger partial charge on any atom is 0.00720 e. The molecule has 1 N–H and O–H groups in total. The Hall–Kier alpha value is -0.300. The van der Waals surface area contributed by atoms with Crippen LogP contribution in [0.3, 0.4) is 0 Å². The van der Waals surface area contributed by atoms with Gasteiger partial charge in [-0.2, -0.15) is 0 Å². The van der Waals surface area contributed by atoms with E-state index in [9.17, 15) is 0 Å². The SMILES string of the molecule is CC(C)CC(CC(C)C)NCC1CC=CCC1. The zero-order valence-corrected chi connectivity index (χ0v) is 12.2. The van der Waals surface area contributed by atoms with Gasteiger partial charge in [-0.25, -0.2) is 0 Å². The van der Waals surface area contributed by atoms with Gasteiger partial charge in [0.15, 0.2) is 0 Å². The molecular weight excluding hydrogens is 206 g/mol. The summed E-state index contributed by atoms with van der Waals surface area (Å²) in [5.74, 6) is 2.48. The summed E-state index contributed by atoms with van der Waals surface area (Å²) in [5.41, 5.74) is 0. The van der Waals surface area contributed by atoms with Crippen molar-refractivity contribution in [2.45, 2.75) is 65.8 Å². The molecule has 0 aromatic carbocycles. The molecule has 0 radical (unpaired) electrons. The van der Waals surface area contributed by atoms with Crippen LogP contribution in [0.5, 0.6) is 0 Å². The molecule has 100 valence electrons. The Morgan fingerprint density at radius 1 is 1.06 bits per heavy atom. The fraction of sp³-hybridized carbons (Fsp3) is 0.875. The summed E-state index contributed by atoms with van der Waals surface area (Å²) in [6, 6.07) is 0.723. The average molecular weight is 237 g/mol. The van der Waals surface area contributed by atoms with Gasteiger partial charge in [0.2, 0.25) is 0 Å². The second-order valence-corrected chi connectivity index (χ2v) is 6.51. The van der Waals surface area contributed by atoms with Crippen molar-refractivity contribution in [3.63, 3.8) is 0 Å².